The van der Waals surface area contributed by atoms with Crippen molar-refractivity contribution < 1.29 is 9.90 Å². The van der Waals surface area contributed by atoms with Gasteiger partial charge < -0.3 is 9.67 Å². The van der Waals surface area contributed by atoms with Crippen LogP contribution < -0.4 is 0 Å². The first-order valence-electron chi connectivity index (χ1n) is 10.2. The molecule has 0 saturated carbocycles. The molecule has 3 aromatic rings. The fourth-order valence-electron chi connectivity index (χ4n) is 4.41. The van der Waals surface area contributed by atoms with Crippen LogP contribution in [0.3, 0.4) is 0 Å². The van der Waals surface area contributed by atoms with Gasteiger partial charge >= 0.3 is 5.97 Å². The maximum Gasteiger partial charge on any atom is 0.335 e. The first-order chi connectivity index (χ1) is 14.1. The predicted octanol–water partition coefficient (Wildman–Crippen LogP) is 7.30. The zero-order valence-corrected chi connectivity index (χ0v) is 18.9. The summed E-state index contributed by atoms with van der Waals surface area (Å²) in [6.07, 6.45) is 3.08. The summed E-state index contributed by atoms with van der Waals surface area (Å²) >= 11 is 12.5. The fourth-order valence-corrected chi connectivity index (χ4v) is 4.71. The van der Waals surface area contributed by atoms with Crippen molar-refractivity contribution in [3.63, 3.8) is 0 Å². The van der Waals surface area contributed by atoms with Gasteiger partial charge in [-0.2, -0.15) is 0 Å². The molecule has 0 radical (unpaired) electrons. The van der Waals surface area contributed by atoms with Crippen molar-refractivity contribution >= 4 is 29.2 Å². The van der Waals surface area contributed by atoms with Crippen molar-refractivity contribution in [2.75, 3.05) is 0 Å². The summed E-state index contributed by atoms with van der Waals surface area (Å²) in [5, 5.41) is 10.5. The lowest BCUT2D eigenvalue weighted by Gasteiger charge is -2.34. The number of fused-ring (bicyclic) bond motifs is 1. The van der Waals surface area contributed by atoms with Gasteiger partial charge in [0.25, 0.3) is 0 Å². The van der Waals surface area contributed by atoms with Crippen molar-refractivity contribution in [1.29, 1.82) is 0 Å². The van der Waals surface area contributed by atoms with Gasteiger partial charge in [0, 0.05) is 16.9 Å². The molecule has 1 N–H and O–H groups in total. The van der Waals surface area contributed by atoms with E-state index in [9.17, 15) is 9.90 Å². The van der Waals surface area contributed by atoms with E-state index in [1.54, 1.807) is 24.3 Å². The summed E-state index contributed by atoms with van der Waals surface area (Å²) in [6, 6.07) is 15.0. The SMILES string of the molecule is CC(C)(C)C1CCc2c(cc(-c3ccc(Cl)c(Cl)c3)n2-c2cccc(C(=O)O)c2)C1. The first kappa shape index (κ1) is 21.0. The molecule has 156 valence electrons. The lowest BCUT2D eigenvalue weighted by Crippen LogP contribution is -2.27. The minimum absolute atomic E-state index is 0.243. The molecule has 5 heteroatoms. The molecule has 1 heterocycles. The Morgan fingerprint density at radius 3 is 2.50 bits per heavy atom. The van der Waals surface area contributed by atoms with Crippen LogP contribution in [0, 0.1) is 11.3 Å². The maximum absolute atomic E-state index is 11.6. The topological polar surface area (TPSA) is 42.2 Å². The Morgan fingerprint density at radius 2 is 1.83 bits per heavy atom. The third-order valence-electron chi connectivity index (χ3n) is 6.18. The number of hydrogen-bond acceptors (Lipinski definition) is 1. The number of aromatic nitrogens is 1. The van der Waals surface area contributed by atoms with Crippen molar-refractivity contribution in [1.82, 2.24) is 4.57 Å². The lowest BCUT2D eigenvalue weighted by atomic mass is 9.72. The molecule has 0 aliphatic heterocycles. The van der Waals surface area contributed by atoms with Crippen LogP contribution in [0.2, 0.25) is 10.0 Å². The summed E-state index contributed by atoms with van der Waals surface area (Å²) in [7, 11) is 0. The Balaban J connectivity index is 1.91. The standard InChI is InChI=1S/C25H25Cl2NO2/c1-25(2,3)18-8-10-22-17(11-18)14-23(15-7-9-20(26)21(27)13-15)28(22)19-6-4-5-16(12-19)24(29)30/h4-7,9,12-14,18H,8,10-11H2,1-3H3,(H,29,30). The summed E-state index contributed by atoms with van der Waals surface area (Å²) in [5.74, 6) is -0.324. The molecule has 0 spiro atoms. The second-order valence-corrected chi connectivity index (χ2v) is 9.94. The molecule has 0 saturated heterocycles. The molecule has 1 atom stereocenters. The molecule has 0 bridgehead atoms. The quantitative estimate of drug-likeness (QED) is 0.462. The highest BCUT2D eigenvalue weighted by atomic mass is 35.5. The van der Waals surface area contributed by atoms with E-state index in [-0.39, 0.29) is 11.0 Å². The van der Waals surface area contributed by atoms with Crippen LogP contribution in [-0.2, 0) is 12.8 Å². The monoisotopic (exact) mass is 441 g/mol. The predicted molar refractivity (Wildman–Crippen MR) is 123 cm³/mol. The number of halogens is 2. The Kier molecular flexibility index (Phi) is 5.46. The number of rotatable bonds is 3. The van der Waals surface area contributed by atoms with Gasteiger partial charge in [0.05, 0.1) is 21.3 Å². The van der Waals surface area contributed by atoms with Crippen molar-refractivity contribution in [2.45, 2.75) is 40.0 Å². The number of benzene rings is 2. The Bertz CT molecular complexity index is 1120. The van der Waals surface area contributed by atoms with E-state index in [1.165, 1.54) is 11.3 Å². The molecule has 1 unspecified atom stereocenters. The van der Waals surface area contributed by atoms with Crippen LogP contribution in [-0.4, -0.2) is 15.6 Å². The highest BCUT2D eigenvalue weighted by Gasteiger charge is 2.31. The molecular weight excluding hydrogens is 417 g/mol. The Hall–Kier alpha value is -2.23. The van der Waals surface area contributed by atoms with E-state index >= 15 is 0 Å². The molecule has 0 amide bonds. The van der Waals surface area contributed by atoms with Gasteiger partial charge in [0.15, 0.2) is 0 Å². The van der Waals surface area contributed by atoms with Crippen LogP contribution in [0.25, 0.3) is 16.9 Å². The third-order valence-corrected chi connectivity index (χ3v) is 6.92. The number of nitrogens with zero attached hydrogens (tertiary/aromatic N) is 1. The Labute approximate surface area is 187 Å². The van der Waals surface area contributed by atoms with Crippen LogP contribution in [0.1, 0.15) is 48.8 Å². The molecule has 3 nitrogen and oxygen atoms in total. The summed E-state index contributed by atoms with van der Waals surface area (Å²) in [4.78, 5) is 11.6. The molecule has 30 heavy (non-hydrogen) atoms. The lowest BCUT2D eigenvalue weighted by molar-refractivity contribution is 0.0697. The number of carboxylic acids is 1. The van der Waals surface area contributed by atoms with Gasteiger partial charge in [0.1, 0.15) is 0 Å². The summed E-state index contributed by atoms with van der Waals surface area (Å²) in [5.41, 5.74) is 5.92. The molecule has 4 rings (SSSR count). The summed E-state index contributed by atoms with van der Waals surface area (Å²) in [6.45, 7) is 6.90. The first-order valence-corrected chi connectivity index (χ1v) is 10.9. The van der Waals surface area contributed by atoms with Crippen molar-refractivity contribution in [3.8, 4) is 16.9 Å². The highest BCUT2D eigenvalue weighted by molar-refractivity contribution is 6.42. The van der Waals surface area contributed by atoms with Gasteiger partial charge in [-0.1, -0.05) is 56.1 Å². The van der Waals surface area contributed by atoms with Crippen LogP contribution in [0.15, 0.2) is 48.5 Å². The normalized spacial score (nSPS) is 16.4. The van der Waals surface area contributed by atoms with E-state index in [1.807, 2.05) is 18.2 Å². The van der Waals surface area contributed by atoms with Gasteiger partial charge in [-0.3, -0.25) is 0 Å². The number of hydrogen-bond donors (Lipinski definition) is 1. The van der Waals surface area contributed by atoms with Gasteiger partial charge in [-0.05, 0) is 72.6 Å². The Morgan fingerprint density at radius 1 is 1.07 bits per heavy atom. The third kappa shape index (κ3) is 3.89. The van der Waals surface area contributed by atoms with Crippen molar-refractivity contribution in [2.24, 2.45) is 11.3 Å². The maximum atomic E-state index is 11.6. The number of aromatic carboxylic acids is 1. The molecule has 1 aliphatic carbocycles. The van der Waals surface area contributed by atoms with Gasteiger partial charge in [-0.15, -0.1) is 0 Å². The fraction of sp³-hybridized carbons (Fsp3) is 0.320. The minimum atomic E-state index is -0.929. The average Bonchev–Trinajstić information content (AvgIpc) is 3.08. The highest BCUT2D eigenvalue weighted by Crippen LogP contribution is 2.41. The average molecular weight is 442 g/mol. The molecule has 1 aliphatic rings. The van der Waals surface area contributed by atoms with Gasteiger partial charge in [0.2, 0.25) is 0 Å². The number of carbonyl (C=O) groups is 1. The second-order valence-electron chi connectivity index (χ2n) is 9.13. The van der Waals surface area contributed by atoms with Crippen LogP contribution in [0.5, 0.6) is 0 Å². The van der Waals surface area contributed by atoms with E-state index < -0.39 is 5.97 Å². The van der Waals surface area contributed by atoms with E-state index in [4.69, 9.17) is 23.2 Å². The molecule has 0 fully saturated rings. The minimum Gasteiger partial charge on any atom is -0.478 e. The molecular formula is C25H25Cl2NO2. The summed E-state index contributed by atoms with van der Waals surface area (Å²) < 4.78 is 2.19. The molecule has 1 aromatic heterocycles. The smallest absolute Gasteiger partial charge is 0.335 e. The largest absolute Gasteiger partial charge is 0.478 e. The van der Waals surface area contributed by atoms with E-state index in [0.29, 0.717) is 16.0 Å². The van der Waals surface area contributed by atoms with Crippen LogP contribution >= 0.6 is 23.2 Å². The van der Waals surface area contributed by atoms with Crippen LogP contribution in [0.4, 0.5) is 0 Å². The van der Waals surface area contributed by atoms with Gasteiger partial charge in [-0.25, -0.2) is 4.79 Å². The zero-order valence-electron chi connectivity index (χ0n) is 17.4. The van der Waals surface area contributed by atoms with Crippen molar-refractivity contribution in [3.05, 3.63) is 75.4 Å². The zero-order chi connectivity index (χ0) is 21.6. The number of carboxylic acid groups (broad SMARTS) is 1. The van der Waals surface area contributed by atoms with E-state index in [2.05, 4.69) is 31.4 Å². The van der Waals surface area contributed by atoms with E-state index in [0.717, 1.165) is 36.2 Å². The molecule has 2 aromatic carbocycles. The second kappa shape index (κ2) is 7.79.